The predicted octanol–water partition coefficient (Wildman–Crippen LogP) is 1.29. The Hall–Kier alpha value is -0.660. The van der Waals surface area contributed by atoms with E-state index in [4.69, 9.17) is 5.11 Å². The average molecular weight is 316 g/mol. The molecule has 1 N–H and O–H groups in total. The zero-order chi connectivity index (χ0) is 15.0. The summed E-state index contributed by atoms with van der Waals surface area (Å²) in [5.41, 5.74) is 0. The summed E-state index contributed by atoms with van der Waals surface area (Å²) < 4.78 is 28.9. The van der Waals surface area contributed by atoms with Gasteiger partial charge in [0.15, 0.2) is 0 Å². The van der Waals surface area contributed by atoms with E-state index in [1.54, 1.807) is 4.31 Å². The van der Waals surface area contributed by atoms with Gasteiger partial charge in [-0.15, -0.1) is 0 Å². The van der Waals surface area contributed by atoms with Crippen LogP contribution in [0.25, 0.3) is 0 Å². The third-order valence-corrected chi connectivity index (χ3v) is 7.45. The van der Waals surface area contributed by atoms with Crippen molar-refractivity contribution in [2.75, 3.05) is 19.6 Å². The van der Waals surface area contributed by atoms with Gasteiger partial charge in [-0.1, -0.05) is 12.8 Å². The van der Waals surface area contributed by atoms with Gasteiger partial charge in [0.2, 0.25) is 0 Å². The lowest BCUT2D eigenvalue weighted by Crippen LogP contribution is -2.50. The maximum Gasteiger partial charge on any atom is 0.306 e. The maximum atomic E-state index is 12.8. The zero-order valence-electron chi connectivity index (χ0n) is 12.3. The molecule has 0 spiro atoms. The Kier molecular flexibility index (Phi) is 4.25. The SMILES string of the molecule is O=C(O)C1CCN(S(=O)(=O)N2CCC3CCCCC32)CC1. The molecule has 2 heterocycles. The molecule has 0 amide bonds. The molecule has 1 aliphatic carbocycles. The third-order valence-electron chi connectivity index (χ3n) is 5.38. The zero-order valence-corrected chi connectivity index (χ0v) is 13.1. The molecule has 0 bridgehead atoms. The van der Waals surface area contributed by atoms with E-state index in [0.29, 0.717) is 38.4 Å². The van der Waals surface area contributed by atoms with E-state index < -0.39 is 22.1 Å². The minimum atomic E-state index is -3.41. The minimum Gasteiger partial charge on any atom is -0.481 e. The lowest BCUT2D eigenvalue weighted by molar-refractivity contribution is -0.142. The van der Waals surface area contributed by atoms with Crippen LogP contribution in [-0.4, -0.2) is 53.8 Å². The summed E-state index contributed by atoms with van der Waals surface area (Å²) in [6, 6.07) is 0.181. The number of hydrogen-bond acceptors (Lipinski definition) is 3. The fraction of sp³-hybridized carbons (Fsp3) is 0.929. The van der Waals surface area contributed by atoms with Crippen LogP contribution in [0.4, 0.5) is 0 Å². The van der Waals surface area contributed by atoms with Crippen molar-refractivity contribution in [3.8, 4) is 0 Å². The predicted molar refractivity (Wildman–Crippen MR) is 77.9 cm³/mol. The largest absolute Gasteiger partial charge is 0.481 e. The number of rotatable bonds is 3. The molecule has 7 heteroatoms. The summed E-state index contributed by atoms with van der Waals surface area (Å²) in [4.78, 5) is 11.0. The summed E-state index contributed by atoms with van der Waals surface area (Å²) in [5, 5.41) is 9.01. The summed E-state index contributed by atoms with van der Waals surface area (Å²) in [7, 11) is -3.41. The van der Waals surface area contributed by atoms with E-state index >= 15 is 0 Å². The molecular formula is C14H24N2O4S. The molecule has 2 atom stereocenters. The van der Waals surface area contributed by atoms with Crippen LogP contribution in [0.5, 0.6) is 0 Å². The molecule has 3 rings (SSSR count). The summed E-state index contributed by atoms with van der Waals surface area (Å²) in [5.74, 6) is -0.664. The molecule has 2 unspecified atom stereocenters. The second kappa shape index (κ2) is 5.85. The first-order valence-electron chi connectivity index (χ1n) is 8.00. The van der Waals surface area contributed by atoms with Crippen LogP contribution < -0.4 is 0 Å². The molecular weight excluding hydrogens is 292 g/mol. The molecule has 21 heavy (non-hydrogen) atoms. The highest BCUT2D eigenvalue weighted by Gasteiger charge is 2.44. The van der Waals surface area contributed by atoms with Gasteiger partial charge < -0.3 is 5.11 Å². The molecule has 0 aromatic rings. The molecule has 3 fully saturated rings. The van der Waals surface area contributed by atoms with Crippen LogP contribution in [0.15, 0.2) is 0 Å². The minimum absolute atomic E-state index is 0.181. The number of carbonyl (C=O) groups is 1. The van der Waals surface area contributed by atoms with Gasteiger partial charge in [-0.05, 0) is 38.0 Å². The highest BCUT2D eigenvalue weighted by molar-refractivity contribution is 7.86. The van der Waals surface area contributed by atoms with Crippen LogP contribution in [0.2, 0.25) is 0 Å². The smallest absolute Gasteiger partial charge is 0.306 e. The van der Waals surface area contributed by atoms with Crippen molar-refractivity contribution in [3.05, 3.63) is 0 Å². The van der Waals surface area contributed by atoms with Crippen LogP contribution in [0.3, 0.4) is 0 Å². The van der Waals surface area contributed by atoms with E-state index in [1.165, 1.54) is 10.7 Å². The van der Waals surface area contributed by atoms with E-state index in [0.717, 1.165) is 25.7 Å². The Bertz CT molecular complexity index is 499. The molecule has 2 aliphatic heterocycles. The molecule has 120 valence electrons. The van der Waals surface area contributed by atoms with Crippen LogP contribution in [-0.2, 0) is 15.0 Å². The summed E-state index contributed by atoms with van der Waals surface area (Å²) >= 11 is 0. The number of aliphatic carboxylic acids is 1. The topological polar surface area (TPSA) is 77.9 Å². The van der Waals surface area contributed by atoms with E-state index in [1.807, 2.05) is 0 Å². The quantitative estimate of drug-likeness (QED) is 0.851. The highest BCUT2D eigenvalue weighted by Crippen LogP contribution is 2.38. The monoisotopic (exact) mass is 316 g/mol. The van der Waals surface area contributed by atoms with Crippen LogP contribution in [0, 0.1) is 11.8 Å². The molecule has 0 aromatic heterocycles. The van der Waals surface area contributed by atoms with Crippen molar-refractivity contribution in [3.63, 3.8) is 0 Å². The van der Waals surface area contributed by atoms with Gasteiger partial charge in [0.1, 0.15) is 0 Å². The van der Waals surface area contributed by atoms with Crippen molar-refractivity contribution in [2.24, 2.45) is 11.8 Å². The van der Waals surface area contributed by atoms with Gasteiger partial charge in [0.25, 0.3) is 10.2 Å². The maximum absolute atomic E-state index is 12.8. The van der Waals surface area contributed by atoms with Crippen molar-refractivity contribution >= 4 is 16.2 Å². The van der Waals surface area contributed by atoms with Gasteiger partial charge in [0, 0.05) is 25.7 Å². The van der Waals surface area contributed by atoms with Gasteiger partial charge in [-0.25, -0.2) is 0 Å². The number of carboxylic acid groups (broad SMARTS) is 1. The average Bonchev–Trinajstić information content (AvgIpc) is 2.92. The third kappa shape index (κ3) is 2.83. The second-order valence-corrected chi connectivity index (χ2v) is 8.41. The molecule has 2 saturated heterocycles. The fourth-order valence-electron chi connectivity index (χ4n) is 4.13. The lowest BCUT2D eigenvalue weighted by Gasteiger charge is -2.36. The fourth-order valence-corrected chi connectivity index (χ4v) is 6.06. The number of nitrogens with zero attached hydrogens (tertiary/aromatic N) is 2. The number of fused-ring (bicyclic) bond motifs is 1. The van der Waals surface area contributed by atoms with Gasteiger partial charge >= 0.3 is 5.97 Å². The van der Waals surface area contributed by atoms with Crippen molar-refractivity contribution < 1.29 is 18.3 Å². The van der Waals surface area contributed by atoms with Gasteiger partial charge in [0.05, 0.1) is 5.92 Å². The second-order valence-electron chi connectivity index (χ2n) is 6.53. The molecule has 1 saturated carbocycles. The number of carboxylic acids is 1. The van der Waals surface area contributed by atoms with Gasteiger partial charge in [-0.3, -0.25) is 4.79 Å². The van der Waals surface area contributed by atoms with Gasteiger partial charge in [-0.2, -0.15) is 17.0 Å². The van der Waals surface area contributed by atoms with Crippen LogP contribution in [0.1, 0.15) is 44.9 Å². The van der Waals surface area contributed by atoms with E-state index in [2.05, 4.69) is 0 Å². The molecule has 0 aromatic carbocycles. The van der Waals surface area contributed by atoms with E-state index in [-0.39, 0.29) is 6.04 Å². The lowest BCUT2D eigenvalue weighted by atomic mass is 9.86. The standard InChI is InChI=1S/C14H24N2O4S/c17-14(18)12-5-8-15(9-6-12)21(19,20)16-10-7-11-3-1-2-4-13(11)16/h11-13H,1-10H2,(H,17,18). The van der Waals surface area contributed by atoms with Crippen molar-refractivity contribution in [1.29, 1.82) is 0 Å². The van der Waals surface area contributed by atoms with Crippen molar-refractivity contribution in [1.82, 2.24) is 8.61 Å². The van der Waals surface area contributed by atoms with Crippen molar-refractivity contribution in [2.45, 2.75) is 51.0 Å². The molecule has 3 aliphatic rings. The number of hydrogen-bond donors (Lipinski definition) is 1. The number of piperidine rings is 1. The molecule has 0 radical (unpaired) electrons. The summed E-state index contributed by atoms with van der Waals surface area (Å²) in [6.07, 6.45) is 6.31. The Morgan fingerprint density at radius 1 is 0.952 bits per heavy atom. The van der Waals surface area contributed by atoms with E-state index in [9.17, 15) is 13.2 Å². The Morgan fingerprint density at radius 2 is 1.62 bits per heavy atom. The Balaban J connectivity index is 1.68. The Morgan fingerprint density at radius 3 is 2.29 bits per heavy atom. The normalized spacial score (nSPS) is 33.0. The van der Waals surface area contributed by atoms with Crippen LogP contribution >= 0.6 is 0 Å². The summed E-state index contributed by atoms with van der Waals surface area (Å²) in [6.45, 7) is 1.32. The first kappa shape index (κ1) is 15.2. The Labute approximate surface area is 126 Å². The highest BCUT2D eigenvalue weighted by atomic mass is 32.2. The first-order chi connectivity index (χ1) is 10.00. The first-order valence-corrected chi connectivity index (χ1v) is 9.39. The molecule has 6 nitrogen and oxygen atoms in total.